The highest BCUT2D eigenvalue weighted by atomic mass is 32.2. The van der Waals surface area contributed by atoms with Crippen LogP contribution in [0.4, 0.5) is 0 Å². The first-order valence-electron chi connectivity index (χ1n) is 6.90. The molecule has 0 radical (unpaired) electrons. The van der Waals surface area contributed by atoms with Crippen molar-refractivity contribution in [3.8, 4) is 10.7 Å². The zero-order valence-electron chi connectivity index (χ0n) is 11.8. The molecule has 1 aliphatic rings. The third kappa shape index (κ3) is 2.61. The fourth-order valence-corrected chi connectivity index (χ4v) is 4.37. The molecule has 3 heterocycles. The van der Waals surface area contributed by atoms with Crippen molar-refractivity contribution in [3.05, 3.63) is 33.8 Å². The molecular formula is C12H12N6O3S2. The van der Waals surface area contributed by atoms with E-state index in [4.69, 9.17) is 0 Å². The van der Waals surface area contributed by atoms with Gasteiger partial charge in [-0.2, -0.15) is 5.10 Å². The molecule has 0 saturated heterocycles. The smallest absolute Gasteiger partial charge is 0.294 e. The van der Waals surface area contributed by atoms with Crippen LogP contribution in [0.1, 0.15) is 24.7 Å². The zero-order chi connectivity index (χ0) is 16.0. The second kappa shape index (κ2) is 5.13. The van der Waals surface area contributed by atoms with Gasteiger partial charge in [0.05, 0.1) is 4.88 Å². The molecule has 1 aliphatic carbocycles. The third-order valence-electron chi connectivity index (χ3n) is 3.47. The summed E-state index contributed by atoms with van der Waals surface area (Å²) in [6.45, 7) is 0. The van der Waals surface area contributed by atoms with Crippen LogP contribution < -0.4 is 5.69 Å². The average Bonchev–Trinajstić information content (AvgIpc) is 2.94. The van der Waals surface area contributed by atoms with Crippen molar-refractivity contribution in [2.24, 2.45) is 0 Å². The maximum atomic E-state index is 12.7. The molecule has 11 heteroatoms. The Morgan fingerprint density at radius 1 is 1.35 bits per heavy atom. The van der Waals surface area contributed by atoms with Crippen LogP contribution in [-0.4, -0.2) is 38.4 Å². The first-order valence-corrected chi connectivity index (χ1v) is 9.43. The van der Waals surface area contributed by atoms with Gasteiger partial charge in [0.15, 0.2) is 5.82 Å². The molecule has 0 atom stereocenters. The van der Waals surface area contributed by atoms with Crippen LogP contribution in [0.3, 0.4) is 0 Å². The summed E-state index contributed by atoms with van der Waals surface area (Å²) in [5, 5.41) is 15.6. The van der Waals surface area contributed by atoms with E-state index in [2.05, 4.69) is 25.4 Å². The first kappa shape index (κ1) is 14.3. The molecule has 4 rings (SSSR count). The first-order chi connectivity index (χ1) is 11.0. The Hall–Kier alpha value is -2.27. The minimum absolute atomic E-state index is 0.0537. The number of nitrogens with zero attached hydrogens (tertiary/aromatic N) is 4. The summed E-state index contributed by atoms with van der Waals surface area (Å²) in [7, 11) is -3.76. The molecule has 0 bridgehead atoms. The van der Waals surface area contributed by atoms with Gasteiger partial charge < -0.3 is 0 Å². The second-order valence-corrected chi connectivity index (χ2v) is 8.10. The number of nitrogens with one attached hydrogen (secondary N) is 2. The molecule has 3 aromatic heterocycles. The van der Waals surface area contributed by atoms with E-state index in [1.54, 1.807) is 4.57 Å². The molecule has 3 aromatic rings. The molecule has 0 spiro atoms. The predicted molar refractivity (Wildman–Crippen MR) is 81.7 cm³/mol. The number of H-pyrrole nitrogens is 2. The lowest BCUT2D eigenvalue weighted by atomic mass is 10.4. The minimum atomic E-state index is -3.76. The predicted octanol–water partition coefficient (Wildman–Crippen LogP) is 0.727. The number of hydrogen-bond acceptors (Lipinski definition) is 7. The summed E-state index contributed by atoms with van der Waals surface area (Å²) in [4.78, 5) is 14.3. The molecule has 23 heavy (non-hydrogen) atoms. The van der Waals surface area contributed by atoms with Gasteiger partial charge in [0.1, 0.15) is 11.6 Å². The number of aromatic nitrogens is 6. The third-order valence-corrected chi connectivity index (χ3v) is 5.83. The number of sulfone groups is 1. The van der Waals surface area contributed by atoms with Crippen LogP contribution in [-0.2, 0) is 15.6 Å². The van der Waals surface area contributed by atoms with Gasteiger partial charge in [-0.1, -0.05) is 6.07 Å². The lowest BCUT2D eigenvalue weighted by Crippen LogP contribution is -2.14. The van der Waals surface area contributed by atoms with Gasteiger partial charge in [-0.05, 0) is 24.3 Å². The Morgan fingerprint density at radius 3 is 2.78 bits per heavy atom. The number of hydrogen-bond donors (Lipinski definition) is 2. The van der Waals surface area contributed by atoms with Crippen LogP contribution in [0.5, 0.6) is 0 Å². The van der Waals surface area contributed by atoms with Gasteiger partial charge in [0.2, 0.25) is 9.84 Å². The van der Waals surface area contributed by atoms with E-state index in [1.807, 2.05) is 17.5 Å². The van der Waals surface area contributed by atoms with E-state index >= 15 is 0 Å². The van der Waals surface area contributed by atoms with E-state index in [0.717, 1.165) is 17.7 Å². The van der Waals surface area contributed by atoms with Crippen molar-refractivity contribution in [2.75, 3.05) is 0 Å². The van der Waals surface area contributed by atoms with E-state index in [9.17, 15) is 13.2 Å². The SMILES string of the molecule is O=c1[nH]nc(CS(=O)(=O)c2nnc(-c3cccs3)n2C2CC2)[nH]1. The van der Waals surface area contributed by atoms with E-state index in [0.29, 0.717) is 5.82 Å². The summed E-state index contributed by atoms with van der Waals surface area (Å²) in [6, 6.07) is 3.87. The minimum Gasteiger partial charge on any atom is -0.294 e. The Kier molecular flexibility index (Phi) is 3.20. The van der Waals surface area contributed by atoms with Crippen LogP contribution in [0.2, 0.25) is 0 Å². The summed E-state index contributed by atoms with van der Waals surface area (Å²) in [6.07, 6.45) is 1.80. The quantitative estimate of drug-likeness (QED) is 0.697. The lowest BCUT2D eigenvalue weighted by Gasteiger charge is -2.07. The molecular weight excluding hydrogens is 340 g/mol. The Labute approximate surface area is 134 Å². The van der Waals surface area contributed by atoms with E-state index < -0.39 is 21.3 Å². The zero-order valence-corrected chi connectivity index (χ0v) is 13.4. The van der Waals surface area contributed by atoms with Crippen LogP contribution >= 0.6 is 11.3 Å². The molecule has 0 aromatic carbocycles. The highest BCUT2D eigenvalue weighted by Gasteiger charge is 2.35. The topological polar surface area (TPSA) is 126 Å². The summed E-state index contributed by atoms with van der Waals surface area (Å²) < 4.78 is 27.0. The molecule has 1 saturated carbocycles. The number of thiophene rings is 1. The highest BCUT2D eigenvalue weighted by molar-refractivity contribution is 7.90. The fraction of sp³-hybridized carbons (Fsp3) is 0.333. The average molecular weight is 352 g/mol. The van der Waals surface area contributed by atoms with Crippen molar-refractivity contribution < 1.29 is 8.42 Å². The van der Waals surface area contributed by atoms with Crippen molar-refractivity contribution in [1.29, 1.82) is 0 Å². The normalized spacial score (nSPS) is 15.1. The van der Waals surface area contributed by atoms with Crippen LogP contribution in [0, 0.1) is 0 Å². The van der Waals surface area contributed by atoms with Crippen LogP contribution in [0.25, 0.3) is 10.7 Å². The van der Waals surface area contributed by atoms with Gasteiger partial charge in [-0.15, -0.1) is 21.5 Å². The monoisotopic (exact) mass is 352 g/mol. The lowest BCUT2D eigenvalue weighted by molar-refractivity contribution is 0.564. The summed E-state index contributed by atoms with van der Waals surface area (Å²) in [5.41, 5.74) is -0.543. The summed E-state index contributed by atoms with van der Waals surface area (Å²) >= 11 is 1.48. The molecule has 0 aliphatic heterocycles. The van der Waals surface area contributed by atoms with Gasteiger partial charge in [-0.3, -0.25) is 9.55 Å². The van der Waals surface area contributed by atoms with Gasteiger partial charge >= 0.3 is 5.69 Å². The van der Waals surface area contributed by atoms with Crippen molar-refractivity contribution >= 4 is 21.2 Å². The number of rotatable bonds is 5. The van der Waals surface area contributed by atoms with Crippen molar-refractivity contribution in [3.63, 3.8) is 0 Å². The van der Waals surface area contributed by atoms with Crippen molar-refractivity contribution in [1.82, 2.24) is 29.9 Å². The Balaban J connectivity index is 1.78. The molecule has 9 nitrogen and oxygen atoms in total. The molecule has 1 fully saturated rings. The van der Waals surface area contributed by atoms with Gasteiger partial charge in [0, 0.05) is 6.04 Å². The largest absolute Gasteiger partial charge is 0.340 e. The highest BCUT2D eigenvalue weighted by Crippen LogP contribution is 2.40. The Bertz CT molecular complexity index is 994. The maximum Gasteiger partial charge on any atom is 0.340 e. The van der Waals surface area contributed by atoms with Crippen molar-refractivity contribution in [2.45, 2.75) is 29.8 Å². The standard InChI is InChI=1S/C12H12N6O3S2/c19-11-13-9(14-16-11)6-23(20,21)12-17-15-10(8-2-1-5-22-8)18(12)7-3-4-7/h1-2,5,7H,3-4,6H2,(H2,13,14,16,19). The second-order valence-electron chi connectivity index (χ2n) is 5.27. The Morgan fingerprint density at radius 2 is 2.17 bits per heavy atom. The molecule has 2 N–H and O–H groups in total. The molecule has 120 valence electrons. The van der Waals surface area contributed by atoms with E-state index in [1.165, 1.54) is 11.3 Å². The number of aromatic amines is 2. The van der Waals surface area contributed by atoms with E-state index in [-0.39, 0.29) is 17.0 Å². The van der Waals surface area contributed by atoms with Gasteiger partial charge in [-0.25, -0.2) is 18.3 Å². The fourth-order valence-electron chi connectivity index (χ4n) is 2.34. The van der Waals surface area contributed by atoms with Gasteiger partial charge in [0.25, 0.3) is 5.16 Å². The summed E-state index contributed by atoms with van der Waals surface area (Å²) in [5.74, 6) is 0.190. The van der Waals surface area contributed by atoms with Crippen LogP contribution in [0.15, 0.2) is 27.5 Å². The molecule has 0 amide bonds. The molecule has 0 unspecified atom stereocenters. The maximum absolute atomic E-state index is 12.7.